The molecule has 0 amide bonds. The second kappa shape index (κ2) is 5.26. The first-order chi connectivity index (χ1) is 10.3. The Morgan fingerprint density at radius 2 is 2.10 bits per heavy atom. The fraction of sp³-hybridized carbons (Fsp3) is 0.533. The van der Waals surface area contributed by atoms with Crippen molar-refractivity contribution in [2.24, 2.45) is 0 Å². The van der Waals surface area contributed by atoms with Gasteiger partial charge in [0.1, 0.15) is 18.3 Å². The van der Waals surface area contributed by atoms with Crippen LogP contribution in [0.2, 0.25) is 0 Å². The summed E-state index contributed by atoms with van der Waals surface area (Å²) < 4.78 is 38.7. The molecule has 5 nitrogen and oxygen atoms in total. The van der Waals surface area contributed by atoms with Gasteiger partial charge in [-0.05, 0) is 19.4 Å². The summed E-state index contributed by atoms with van der Waals surface area (Å²) in [5, 5.41) is 0. The zero-order chi connectivity index (χ0) is 16.0. The Balaban J connectivity index is 1.85. The molecule has 1 aromatic rings. The van der Waals surface area contributed by atoms with Crippen molar-refractivity contribution in [2.45, 2.75) is 50.8 Å². The zero-order valence-corrected chi connectivity index (χ0v) is 11.4. The minimum atomic E-state index is -2.20. The van der Waals surface area contributed by atoms with E-state index in [2.05, 4.69) is 0 Å². The van der Waals surface area contributed by atoms with E-state index in [0.29, 0.717) is 0 Å². The molecule has 1 aromatic carbocycles. The molecule has 0 radical (unpaired) electrons. The summed E-state index contributed by atoms with van der Waals surface area (Å²) in [6.45, 7) is 3.42. The molecule has 0 N–H and O–H groups in total. The van der Waals surface area contributed by atoms with Crippen LogP contribution in [-0.2, 0) is 30.3 Å². The van der Waals surface area contributed by atoms with Gasteiger partial charge in [-0.25, -0.2) is 0 Å². The van der Waals surface area contributed by atoms with Crippen LogP contribution in [0.15, 0.2) is 30.3 Å². The average molecular weight is 280 g/mol. The predicted molar refractivity (Wildman–Crippen MR) is 69.8 cm³/mol. The molecule has 2 fully saturated rings. The van der Waals surface area contributed by atoms with Crippen LogP contribution >= 0.6 is 0 Å². The Bertz CT molecular complexity index is 566. The lowest BCUT2D eigenvalue weighted by atomic mass is 10.1. The van der Waals surface area contributed by atoms with Gasteiger partial charge in [0.2, 0.25) is 0 Å². The summed E-state index contributed by atoms with van der Waals surface area (Å²) in [6, 6.07) is 9.22. The monoisotopic (exact) mass is 280 g/mol. The van der Waals surface area contributed by atoms with Gasteiger partial charge in [0.05, 0.1) is 9.35 Å². The Hall–Kier alpha value is -1.27. The highest BCUT2D eigenvalue weighted by atomic mass is 16.8. The average Bonchev–Trinajstić information content (AvgIpc) is 2.89. The molecule has 0 unspecified atom stereocenters. The maximum atomic E-state index is 11.3. The van der Waals surface area contributed by atoms with Crippen molar-refractivity contribution in [3.8, 4) is 0 Å². The number of hydrogen-bond acceptors (Lipinski definition) is 5. The minimum absolute atomic E-state index is 0.0647. The number of benzene rings is 1. The molecule has 2 heterocycles. The van der Waals surface area contributed by atoms with E-state index in [9.17, 15) is 4.79 Å². The smallest absolute Gasteiger partial charge is 0.190 e. The lowest BCUT2D eigenvalue weighted by Crippen LogP contribution is -2.37. The van der Waals surface area contributed by atoms with Crippen LogP contribution in [-0.4, -0.2) is 36.6 Å². The molecule has 3 rings (SSSR count). The highest BCUT2D eigenvalue weighted by Gasteiger charge is 2.55. The van der Waals surface area contributed by atoms with E-state index in [4.69, 9.17) is 21.7 Å². The summed E-state index contributed by atoms with van der Waals surface area (Å²) in [6.07, 6.45) is -5.92. The Morgan fingerprint density at radius 3 is 2.80 bits per heavy atom. The predicted octanol–water partition coefficient (Wildman–Crippen LogP) is 1.65. The van der Waals surface area contributed by atoms with Crippen molar-refractivity contribution in [2.75, 3.05) is 0 Å². The molecule has 2 aliphatic rings. The second-order valence-electron chi connectivity index (χ2n) is 5.16. The van der Waals surface area contributed by atoms with E-state index in [1.54, 1.807) is 13.8 Å². The highest BCUT2D eigenvalue weighted by Crippen LogP contribution is 2.38. The molecule has 0 aromatic heterocycles. The van der Waals surface area contributed by atoms with Gasteiger partial charge in [0.25, 0.3) is 0 Å². The second-order valence-corrected chi connectivity index (χ2v) is 5.16. The molecular formula is C15H18O5. The van der Waals surface area contributed by atoms with Gasteiger partial charge in [-0.3, -0.25) is 0 Å². The van der Waals surface area contributed by atoms with E-state index in [0.717, 1.165) is 5.56 Å². The highest BCUT2D eigenvalue weighted by molar-refractivity contribution is 5.58. The number of ether oxygens (including phenoxy) is 4. The molecule has 20 heavy (non-hydrogen) atoms. The first kappa shape index (κ1) is 11.4. The van der Waals surface area contributed by atoms with Gasteiger partial charge in [0, 0.05) is 0 Å². The molecular weight excluding hydrogens is 260 g/mol. The summed E-state index contributed by atoms with van der Waals surface area (Å²) >= 11 is 0. The van der Waals surface area contributed by atoms with Gasteiger partial charge in [-0.2, -0.15) is 0 Å². The van der Waals surface area contributed by atoms with Gasteiger partial charge in [0.15, 0.2) is 18.4 Å². The standard InChI is InChI=1S/C15H18O5/c1-15(2)19-13-12(11(8-16)18-14(13)20-15)17-9-10-6-4-3-5-7-10/h3-8,11-14H,9H2,1-2H3/t11-,12-,13-,14-/m1/s1/i11D,12D. The molecule has 2 saturated heterocycles. The number of rotatable bonds is 4. The first-order valence-electron chi connectivity index (χ1n) is 7.47. The Kier molecular flexibility index (Phi) is 2.99. The Labute approximate surface area is 120 Å². The molecule has 2 aliphatic heterocycles. The third kappa shape index (κ3) is 2.62. The van der Waals surface area contributed by atoms with Crippen molar-refractivity contribution in [3.05, 3.63) is 35.9 Å². The third-order valence-electron chi connectivity index (χ3n) is 3.15. The number of carbonyl (C=O) groups is 1. The first-order valence-corrected chi connectivity index (χ1v) is 6.47. The van der Waals surface area contributed by atoms with E-state index in [1.807, 2.05) is 30.3 Å². The zero-order valence-electron chi connectivity index (χ0n) is 13.4. The van der Waals surface area contributed by atoms with Crippen LogP contribution < -0.4 is 0 Å². The van der Waals surface area contributed by atoms with Crippen LogP contribution in [0.1, 0.15) is 22.2 Å². The van der Waals surface area contributed by atoms with Gasteiger partial charge >= 0.3 is 0 Å². The molecule has 4 atom stereocenters. The van der Waals surface area contributed by atoms with E-state index >= 15 is 0 Å². The molecule has 5 heteroatoms. The molecule has 0 saturated carbocycles. The van der Waals surface area contributed by atoms with E-state index in [-0.39, 0.29) is 12.9 Å². The van der Waals surface area contributed by atoms with Crippen molar-refractivity contribution in [1.82, 2.24) is 0 Å². The largest absolute Gasteiger partial charge is 0.367 e. The van der Waals surface area contributed by atoms with Gasteiger partial charge < -0.3 is 23.7 Å². The maximum Gasteiger partial charge on any atom is 0.190 e. The summed E-state index contributed by atoms with van der Waals surface area (Å²) in [5.74, 6) is -0.956. The van der Waals surface area contributed by atoms with Crippen LogP contribution in [0.25, 0.3) is 0 Å². The summed E-state index contributed by atoms with van der Waals surface area (Å²) in [7, 11) is 0. The normalized spacial score (nSPS) is 43.7. The topological polar surface area (TPSA) is 54.0 Å². The van der Waals surface area contributed by atoms with Crippen LogP contribution in [0, 0.1) is 0 Å². The number of fused-ring (bicyclic) bond motifs is 1. The van der Waals surface area contributed by atoms with Crippen molar-refractivity contribution in [1.29, 1.82) is 0 Å². The molecule has 108 valence electrons. The van der Waals surface area contributed by atoms with Crippen molar-refractivity contribution >= 4 is 6.29 Å². The number of hydrogen-bond donors (Lipinski definition) is 0. The van der Waals surface area contributed by atoms with Crippen molar-refractivity contribution < 1.29 is 26.5 Å². The van der Waals surface area contributed by atoms with Crippen LogP contribution in [0.4, 0.5) is 0 Å². The molecule has 0 spiro atoms. The van der Waals surface area contributed by atoms with E-state index in [1.165, 1.54) is 0 Å². The number of carbonyl (C=O) groups excluding carboxylic acids is 1. The summed E-state index contributed by atoms with van der Waals surface area (Å²) in [5.41, 5.74) is 0.823. The molecule has 0 bridgehead atoms. The summed E-state index contributed by atoms with van der Waals surface area (Å²) in [4.78, 5) is 11.3. The van der Waals surface area contributed by atoms with Gasteiger partial charge in [-0.15, -0.1) is 0 Å². The third-order valence-corrected chi connectivity index (χ3v) is 3.15. The van der Waals surface area contributed by atoms with E-state index < -0.39 is 30.3 Å². The van der Waals surface area contributed by atoms with Crippen LogP contribution in [0.3, 0.4) is 0 Å². The van der Waals surface area contributed by atoms with Gasteiger partial charge in [-0.1, -0.05) is 30.3 Å². The Morgan fingerprint density at radius 1 is 1.35 bits per heavy atom. The minimum Gasteiger partial charge on any atom is -0.367 e. The maximum absolute atomic E-state index is 11.3. The fourth-order valence-electron chi connectivity index (χ4n) is 2.29. The lowest BCUT2D eigenvalue weighted by molar-refractivity contribution is -0.216. The SMILES string of the molecule is [2H][C@]1(C=O)O[C@@H]2OC(C)(C)O[C@@H]2[C@]1([2H])OCc1ccccc1. The lowest BCUT2D eigenvalue weighted by Gasteiger charge is -2.23. The van der Waals surface area contributed by atoms with Crippen LogP contribution in [0.5, 0.6) is 0 Å². The molecule has 0 aliphatic carbocycles. The quantitative estimate of drug-likeness (QED) is 0.785. The number of aldehydes is 1. The van der Waals surface area contributed by atoms with Crippen molar-refractivity contribution in [3.63, 3.8) is 0 Å². The fourth-order valence-corrected chi connectivity index (χ4v) is 2.29.